The third-order valence-corrected chi connectivity index (χ3v) is 3.88. The van der Waals surface area contributed by atoms with Crippen LogP contribution in [0.15, 0.2) is 34.9 Å². The number of fused-ring (bicyclic) bond motifs is 1. The van der Waals surface area contributed by atoms with Crippen LogP contribution in [0.1, 0.15) is 30.0 Å². The Balaban J connectivity index is 1.65. The molecule has 0 fully saturated rings. The van der Waals surface area contributed by atoms with Gasteiger partial charge in [-0.05, 0) is 37.1 Å². The summed E-state index contributed by atoms with van der Waals surface area (Å²) in [6.07, 6.45) is 0.822. The highest BCUT2D eigenvalue weighted by Gasteiger charge is 2.29. The summed E-state index contributed by atoms with van der Waals surface area (Å²) in [4.78, 5) is 26.5. The number of carbonyl (C=O) groups excluding carboxylic acids is 2. The molecule has 126 valence electrons. The van der Waals surface area contributed by atoms with E-state index < -0.39 is 11.9 Å². The van der Waals surface area contributed by atoms with Crippen molar-refractivity contribution in [2.45, 2.75) is 26.3 Å². The van der Waals surface area contributed by atoms with Gasteiger partial charge in [-0.3, -0.25) is 9.59 Å². The standard InChI is InChI=1S/C17H19N3O4/c1-3-23-15-10-14(24-19-15)16(21)18-11(2)17(22)20-9-8-12-6-4-5-7-13(12)20/h4-7,10-11H,3,8-9H2,1-2H3,(H,18,21). The van der Waals surface area contributed by atoms with Gasteiger partial charge >= 0.3 is 0 Å². The number of rotatable bonds is 5. The van der Waals surface area contributed by atoms with Crippen molar-refractivity contribution >= 4 is 17.5 Å². The number of aromatic nitrogens is 1. The molecule has 0 aliphatic carbocycles. The third-order valence-electron chi connectivity index (χ3n) is 3.88. The Morgan fingerprint density at radius 2 is 2.21 bits per heavy atom. The highest BCUT2D eigenvalue weighted by atomic mass is 16.5. The minimum Gasteiger partial charge on any atom is -0.476 e. The smallest absolute Gasteiger partial charge is 0.290 e. The SMILES string of the molecule is CCOc1cc(C(=O)NC(C)C(=O)N2CCc3ccccc32)on1. The van der Waals surface area contributed by atoms with E-state index in [-0.39, 0.29) is 17.5 Å². The molecule has 0 radical (unpaired) electrons. The lowest BCUT2D eigenvalue weighted by atomic mass is 10.2. The Hall–Kier alpha value is -2.83. The fraction of sp³-hybridized carbons (Fsp3) is 0.353. The first-order chi connectivity index (χ1) is 11.6. The lowest BCUT2D eigenvalue weighted by Gasteiger charge is -2.22. The maximum atomic E-state index is 12.6. The summed E-state index contributed by atoms with van der Waals surface area (Å²) in [6, 6.07) is 8.51. The van der Waals surface area contributed by atoms with Crippen molar-refractivity contribution in [1.29, 1.82) is 0 Å². The largest absolute Gasteiger partial charge is 0.476 e. The Morgan fingerprint density at radius 3 is 3.00 bits per heavy atom. The molecular formula is C17H19N3O4. The number of hydrogen-bond acceptors (Lipinski definition) is 5. The number of hydrogen-bond donors (Lipinski definition) is 1. The molecule has 0 spiro atoms. The predicted molar refractivity (Wildman–Crippen MR) is 87.1 cm³/mol. The fourth-order valence-electron chi connectivity index (χ4n) is 2.71. The predicted octanol–water partition coefficient (Wildman–Crippen LogP) is 1.78. The average Bonchev–Trinajstić information content (AvgIpc) is 3.21. The van der Waals surface area contributed by atoms with Gasteiger partial charge in [-0.2, -0.15) is 0 Å². The maximum Gasteiger partial charge on any atom is 0.290 e. The maximum absolute atomic E-state index is 12.6. The van der Waals surface area contributed by atoms with E-state index in [1.54, 1.807) is 11.8 Å². The van der Waals surface area contributed by atoms with E-state index in [0.29, 0.717) is 13.2 Å². The van der Waals surface area contributed by atoms with Crippen LogP contribution in [0.5, 0.6) is 5.88 Å². The van der Waals surface area contributed by atoms with Gasteiger partial charge in [0.05, 0.1) is 12.7 Å². The molecule has 2 aromatic rings. The van der Waals surface area contributed by atoms with E-state index in [9.17, 15) is 9.59 Å². The number of para-hydroxylation sites is 1. The molecule has 1 aliphatic heterocycles. The molecule has 1 aromatic heterocycles. The molecule has 2 heterocycles. The lowest BCUT2D eigenvalue weighted by Crippen LogP contribution is -2.46. The highest BCUT2D eigenvalue weighted by molar-refractivity contribution is 6.02. The first kappa shape index (κ1) is 16.0. The van der Waals surface area contributed by atoms with Gasteiger partial charge in [0.2, 0.25) is 11.7 Å². The van der Waals surface area contributed by atoms with Crippen molar-refractivity contribution in [2.75, 3.05) is 18.1 Å². The first-order valence-electron chi connectivity index (χ1n) is 7.89. The molecule has 1 atom stereocenters. The van der Waals surface area contributed by atoms with E-state index in [4.69, 9.17) is 9.26 Å². The Kier molecular flexibility index (Phi) is 4.50. The molecule has 3 rings (SSSR count). The topological polar surface area (TPSA) is 84.7 Å². The van der Waals surface area contributed by atoms with Gasteiger partial charge in [-0.1, -0.05) is 18.2 Å². The van der Waals surface area contributed by atoms with Crippen LogP contribution in [-0.4, -0.2) is 36.2 Å². The summed E-state index contributed by atoms with van der Waals surface area (Å²) in [6.45, 7) is 4.51. The molecule has 1 N–H and O–H groups in total. The zero-order chi connectivity index (χ0) is 17.1. The molecule has 1 unspecified atom stereocenters. The van der Waals surface area contributed by atoms with E-state index in [2.05, 4.69) is 10.5 Å². The monoisotopic (exact) mass is 329 g/mol. The number of nitrogens with zero attached hydrogens (tertiary/aromatic N) is 2. The van der Waals surface area contributed by atoms with E-state index in [1.807, 2.05) is 31.2 Å². The van der Waals surface area contributed by atoms with Crippen molar-refractivity contribution in [3.63, 3.8) is 0 Å². The highest BCUT2D eigenvalue weighted by Crippen LogP contribution is 2.27. The zero-order valence-electron chi connectivity index (χ0n) is 13.6. The number of benzene rings is 1. The van der Waals surface area contributed by atoms with Crippen molar-refractivity contribution in [1.82, 2.24) is 10.5 Å². The number of carbonyl (C=O) groups is 2. The summed E-state index contributed by atoms with van der Waals surface area (Å²) in [5, 5.41) is 6.27. The number of anilines is 1. The molecule has 7 nitrogen and oxygen atoms in total. The molecule has 24 heavy (non-hydrogen) atoms. The quantitative estimate of drug-likeness (QED) is 0.904. The minimum absolute atomic E-state index is 0.0138. The number of nitrogens with one attached hydrogen (secondary N) is 1. The normalized spacial score (nSPS) is 14.2. The Labute approximate surface area is 139 Å². The van der Waals surface area contributed by atoms with Crippen LogP contribution in [0.2, 0.25) is 0 Å². The summed E-state index contributed by atoms with van der Waals surface area (Å²) in [5.41, 5.74) is 2.04. The van der Waals surface area contributed by atoms with E-state index in [1.165, 1.54) is 6.07 Å². The Morgan fingerprint density at radius 1 is 1.42 bits per heavy atom. The second-order valence-electron chi connectivity index (χ2n) is 5.53. The summed E-state index contributed by atoms with van der Waals surface area (Å²) < 4.78 is 10.1. The third kappa shape index (κ3) is 3.10. The van der Waals surface area contributed by atoms with Gasteiger partial charge in [0.1, 0.15) is 6.04 Å². The second kappa shape index (κ2) is 6.74. The van der Waals surface area contributed by atoms with Crippen molar-refractivity contribution in [3.05, 3.63) is 41.7 Å². The van der Waals surface area contributed by atoms with Gasteiger partial charge in [-0.25, -0.2) is 0 Å². The summed E-state index contributed by atoms with van der Waals surface area (Å²) in [7, 11) is 0. The first-order valence-corrected chi connectivity index (χ1v) is 7.89. The number of ether oxygens (including phenoxy) is 1. The van der Waals surface area contributed by atoms with Gasteiger partial charge in [0.25, 0.3) is 11.8 Å². The van der Waals surface area contributed by atoms with Crippen LogP contribution in [0.4, 0.5) is 5.69 Å². The summed E-state index contributed by atoms with van der Waals surface area (Å²) in [5.74, 6) is -0.394. The van der Waals surface area contributed by atoms with Gasteiger partial charge in [-0.15, -0.1) is 0 Å². The van der Waals surface area contributed by atoms with Gasteiger partial charge < -0.3 is 19.5 Å². The molecule has 7 heteroatoms. The second-order valence-corrected chi connectivity index (χ2v) is 5.53. The van der Waals surface area contributed by atoms with Gasteiger partial charge in [0.15, 0.2) is 0 Å². The Bertz CT molecular complexity index is 756. The van der Waals surface area contributed by atoms with Crippen LogP contribution in [0.3, 0.4) is 0 Å². The lowest BCUT2D eigenvalue weighted by molar-refractivity contribution is -0.119. The van der Waals surface area contributed by atoms with Gasteiger partial charge in [0, 0.05) is 12.2 Å². The van der Waals surface area contributed by atoms with Crippen LogP contribution in [0.25, 0.3) is 0 Å². The fourth-order valence-corrected chi connectivity index (χ4v) is 2.71. The average molecular weight is 329 g/mol. The van der Waals surface area contributed by atoms with Crippen molar-refractivity contribution in [3.8, 4) is 5.88 Å². The zero-order valence-corrected chi connectivity index (χ0v) is 13.6. The van der Waals surface area contributed by atoms with Crippen molar-refractivity contribution < 1.29 is 18.8 Å². The number of amides is 2. The van der Waals surface area contributed by atoms with Crippen LogP contribution < -0.4 is 15.0 Å². The minimum atomic E-state index is -0.677. The van der Waals surface area contributed by atoms with E-state index >= 15 is 0 Å². The summed E-state index contributed by atoms with van der Waals surface area (Å²) >= 11 is 0. The molecule has 0 saturated carbocycles. The molecule has 1 aromatic carbocycles. The molecule has 2 amide bonds. The van der Waals surface area contributed by atoms with Crippen LogP contribution in [0, 0.1) is 0 Å². The molecule has 1 aliphatic rings. The molecule has 0 saturated heterocycles. The molecular weight excluding hydrogens is 310 g/mol. The van der Waals surface area contributed by atoms with Crippen molar-refractivity contribution in [2.24, 2.45) is 0 Å². The van der Waals surface area contributed by atoms with E-state index in [0.717, 1.165) is 17.7 Å². The molecule has 0 bridgehead atoms. The van der Waals surface area contributed by atoms with Crippen LogP contribution in [-0.2, 0) is 11.2 Å². The van der Waals surface area contributed by atoms with Crippen LogP contribution >= 0.6 is 0 Å².